The number of rotatable bonds is 2. The lowest BCUT2D eigenvalue weighted by atomic mass is 10.4. The molecular formula is C9H8ClN3O3. The Hall–Kier alpha value is -1.82. The van der Waals surface area contributed by atoms with E-state index in [0.717, 1.165) is 5.01 Å². The maximum atomic E-state index is 11.3. The van der Waals surface area contributed by atoms with Gasteiger partial charge in [-0.2, -0.15) is 5.10 Å². The van der Waals surface area contributed by atoms with Gasteiger partial charge >= 0.3 is 11.8 Å². The summed E-state index contributed by atoms with van der Waals surface area (Å²) in [5, 5.41) is 7.58. The van der Waals surface area contributed by atoms with Crippen LogP contribution in [0.25, 0.3) is 0 Å². The average molecular weight is 242 g/mol. The lowest BCUT2D eigenvalue weighted by molar-refractivity contribution is -0.148. The zero-order chi connectivity index (χ0) is 11.5. The Morgan fingerprint density at radius 1 is 1.50 bits per heavy atom. The standard InChI is InChI=1S/C9H8ClN3O3/c10-7-2-1-6(16-7)5-12-13-4-3-11-8(14)9(13)15/h1-2,5H,3-4H2,(H,11,14). The van der Waals surface area contributed by atoms with Gasteiger partial charge in [0.05, 0.1) is 12.8 Å². The van der Waals surface area contributed by atoms with E-state index < -0.39 is 11.8 Å². The topological polar surface area (TPSA) is 74.9 Å². The number of halogens is 1. The summed E-state index contributed by atoms with van der Waals surface area (Å²) in [5.41, 5.74) is 0. The molecule has 2 heterocycles. The first-order valence-corrected chi connectivity index (χ1v) is 4.93. The Morgan fingerprint density at radius 3 is 3.00 bits per heavy atom. The van der Waals surface area contributed by atoms with Gasteiger partial charge in [-0.05, 0) is 23.7 Å². The molecule has 0 unspecified atom stereocenters. The summed E-state index contributed by atoms with van der Waals surface area (Å²) in [6, 6.07) is 3.17. The molecule has 0 radical (unpaired) electrons. The number of hydrogen-bond acceptors (Lipinski definition) is 4. The van der Waals surface area contributed by atoms with E-state index in [1.807, 2.05) is 0 Å². The quantitative estimate of drug-likeness (QED) is 0.595. The fraction of sp³-hybridized carbons (Fsp3) is 0.222. The SMILES string of the molecule is O=C1NCCN(N=Cc2ccc(Cl)o2)C1=O. The Balaban J connectivity index is 2.06. The van der Waals surface area contributed by atoms with Crippen molar-refractivity contribution in [3.05, 3.63) is 23.1 Å². The highest BCUT2D eigenvalue weighted by molar-refractivity contribution is 6.35. The van der Waals surface area contributed by atoms with Crippen molar-refractivity contribution in [2.24, 2.45) is 5.10 Å². The molecule has 84 valence electrons. The van der Waals surface area contributed by atoms with Crippen LogP contribution in [0.2, 0.25) is 5.22 Å². The molecule has 1 aromatic rings. The Kier molecular flexibility index (Phi) is 2.91. The predicted octanol–water partition coefficient (Wildman–Crippen LogP) is 0.225. The van der Waals surface area contributed by atoms with Gasteiger partial charge in [0.15, 0.2) is 5.22 Å². The monoisotopic (exact) mass is 241 g/mol. The van der Waals surface area contributed by atoms with Crippen molar-refractivity contribution in [1.29, 1.82) is 0 Å². The van der Waals surface area contributed by atoms with Crippen molar-refractivity contribution in [1.82, 2.24) is 10.3 Å². The van der Waals surface area contributed by atoms with Crippen molar-refractivity contribution in [2.45, 2.75) is 0 Å². The molecule has 6 nitrogen and oxygen atoms in total. The van der Waals surface area contributed by atoms with Gasteiger partial charge in [-0.1, -0.05) is 0 Å². The number of hydrogen-bond donors (Lipinski definition) is 1. The Bertz CT molecular complexity index is 455. The van der Waals surface area contributed by atoms with Crippen molar-refractivity contribution in [2.75, 3.05) is 13.1 Å². The van der Waals surface area contributed by atoms with Crippen LogP contribution < -0.4 is 5.32 Å². The summed E-state index contributed by atoms with van der Waals surface area (Å²) in [7, 11) is 0. The molecule has 0 spiro atoms. The average Bonchev–Trinajstić information content (AvgIpc) is 2.67. The van der Waals surface area contributed by atoms with E-state index in [1.165, 1.54) is 6.21 Å². The molecule has 1 aliphatic rings. The normalized spacial score (nSPS) is 16.9. The number of carbonyl (C=O) groups is 2. The number of hydrazone groups is 1. The largest absolute Gasteiger partial charge is 0.444 e. The molecule has 2 rings (SSSR count). The van der Waals surface area contributed by atoms with Crippen LogP contribution >= 0.6 is 11.6 Å². The van der Waals surface area contributed by atoms with E-state index in [0.29, 0.717) is 18.8 Å². The summed E-state index contributed by atoms with van der Waals surface area (Å²) in [6.07, 6.45) is 1.34. The maximum absolute atomic E-state index is 11.3. The van der Waals surface area contributed by atoms with Crippen LogP contribution in [-0.4, -0.2) is 36.1 Å². The van der Waals surface area contributed by atoms with Gasteiger partial charge in [-0.25, -0.2) is 5.01 Å². The lowest BCUT2D eigenvalue weighted by Gasteiger charge is -2.20. The molecule has 1 aliphatic heterocycles. The van der Waals surface area contributed by atoms with Crippen LogP contribution in [0.5, 0.6) is 0 Å². The van der Waals surface area contributed by atoms with Gasteiger partial charge in [-0.3, -0.25) is 9.59 Å². The minimum absolute atomic E-state index is 0.240. The van der Waals surface area contributed by atoms with Gasteiger partial charge in [0.2, 0.25) is 0 Å². The first-order chi connectivity index (χ1) is 7.66. The number of piperazine rings is 1. The zero-order valence-corrected chi connectivity index (χ0v) is 8.90. The highest BCUT2D eigenvalue weighted by atomic mass is 35.5. The second kappa shape index (κ2) is 4.36. The fourth-order valence-corrected chi connectivity index (χ4v) is 1.36. The molecule has 0 atom stereocenters. The fourth-order valence-electron chi connectivity index (χ4n) is 1.20. The molecule has 0 aliphatic carbocycles. The lowest BCUT2D eigenvalue weighted by Crippen LogP contribution is -2.49. The van der Waals surface area contributed by atoms with Crippen molar-refractivity contribution in [3.63, 3.8) is 0 Å². The second-order valence-electron chi connectivity index (χ2n) is 3.07. The third-order valence-corrected chi connectivity index (χ3v) is 2.16. The molecule has 1 aromatic heterocycles. The van der Waals surface area contributed by atoms with Crippen LogP contribution in [-0.2, 0) is 9.59 Å². The van der Waals surface area contributed by atoms with E-state index in [2.05, 4.69) is 10.4 Å². The molecule has 1 saturated heterocycles. The Morgan fingerprint density at radius 2 is 2.31 bits per heavy atom. The molecule has 0 saturated carbocycles. The van der Waals surface area contributed by atoms with Crippen LogP contribution in [0.3, 0.4) is 0 Å². The third kappa shape index (κ3) is 2.22. The number of amides is 2. The van der Waals surface area contributed by atoms with E-state index in [1.54, 1.807) is 12.1 Å². The molecule has 2 amide bonds. The minimum Gasteiger partial charge on any atom is -0.444 e. The van der Waals surface area contributed by atoms with Crippen molar-refractivity contribution < 1.29 is 14.0 Å². The van der Waals surface area contributed by atoms with Gasteiger partial charge in [0, 0.05) is 6.54 Å². The Labute approximate surface area is 95.8 Å². The van der Waals surface area contributed by atoms with E-state index in [9.17, 15) is 9.59 Å². The van der Waals surface area contributed by atoms with Crippen LogP contribution in [0.4, 0.5) is 0 Å². The van der Waals surface area contributed by atoms with Gasteiger partial charge in [-0.15, -0.1) is 0 Å². The molecule has 0 bridgehead atoms. The molecule has 7 heteroatoms. The van der Waals surface area contributed by atoms with Crippen LogP contribution in [0, 0.1) is 0 Å². The van der Waals surface area contributed by atoms with Gasteiger partial charge < -0.3 is 9.73 Å². The molecule has 16 heavy (non-hydrogen) atoms. The van der Waals surface area contributed by atoms with Crippen molar-refractivity contribution in [3.8, 4) is 0 Å². The first kappa shape index (κ1) is 10.7. The second-order valence-corrected chi connectivity index (χ2v) is 3.44. The maximum Gasteiger partial charge on any atom is 0.331 e. The number of carbonyl (C=O) groups excluding carboxylic acids is 2. The van der Waals surface area contributed by atoms with E-state index in [-0.39, 0.29) is 5.22 Å². The van der Waals surface area contributed by atoms with E-state index >= 15 is 0 Å². The highest BCUT2D eigenvalue weighted by Gasteiger charge is 2.25. The summed E-state index contributed by atoms with van der Waals surface area (Å²) in [5.74, 6) is -0.912. The zero-order valence-electron chi connectivity index (χ0n) is 8.14. The number of nitrogens with zero attached hydrogens (tertiary/aromatic N) is 2. The van der Waals surface area contributed by atoms with Gasteiger partial charge in [0.1, 0.15) is 5.76 Å². The summed E-state index contributed by atoms with van der Waals surface area (Å²) in [4.78, 5) is 22.3. The van der Waals surface area contributed by atoms with Gasteiger partial charge in [0.25, 0.3) is 0 Å². The molecule has 0 aromatic carbocycles. The van der Waals surface area contributed by atoms with Crippen LogP contribution in [0.1, 0.15) is 5.76 Å². The van der Waals surface area contributed by atoms with E-state index in [4.69, 9.17) is 16.0 Å². The summed E-state index contributed by atoms with van der Waals surface area (Å²) < 4.78 is 5.01. The van der Waals surface area contributed by atoms with Crippen molar-refractivity contribution >= 4 is 29.6 Å². The number of furan rings is 1. The molecule has 1 fully saturated rings. The molecular weight excluding hydrogens is 234 g/mol. The summed E-state index contributed by atoms with van der Waals surface area (Å²) >= 11 is 5.56. The predicted molar refractivity (Wildman–Crippen MR) is 56.0 cm³/mol. The summed E-state index contributed by atoms with van der Waals surface area (Å²) in [6.45, 7) is 0.732. The number of nitrogens with one attached hydrogen (secondary N) is 1. The van der Waals surface area contributed by atoms with Crippen LogP contribution in [0.15, 0.2) is 21.7 Å². The third-order valence-electron chi connectivity index (χ3n) is 1.96. The smallest absolute Gasteiger partial charge is 0.331 e. The molecule has 1 N–H and O–H groups in total. The first-order valence-electron chi connectivity index (χ1n) is 4.56. The highest BCUT2D eigenvalue weighted by Crippen LogP contribution is 2.11. The minimum atomic E-state index is -0.680.